The SMILES string of the molecule is O=C(CO)Nc1cc(S(=O)(=O)N2CCCC2)ccc1Cl. The molecule has 0 spiro atoms. The first kappa shape index (κ1) is 15.2. The van der Waals surface area contributed by atoms with Gasteiger partial charge >= 0.3 is 0 Å². The fraction of sp³-hybridized carbons (Fsp3) is 0.417. The Labute approximate surface area is 122 Å². The largest absolute Gasteiger partial charge is 0.387 e. The number of benzene rings is 1. The van der Waals surface area contributed by atoms with Crippen LogP contribution in [0.4, 0.5) is 5.69 Å². The third-order valence-corrected chi connectivity index (χ3v) is 5.28. The van der Waals surface area contributed by atoms with Gasteiger partial charge < -0.3 is 10.4 Å². The second-order valence-corrected chi connectivity index (χ2v) is 6.80. The molecule has 0 aromatic heterocycles. The summed E-state index contributed by atoms with van der Waals surface area (Å²) in [6.45, 7) is 0.312. The zero-order chi connectivity index (χ0) is 14.8. The maximum atomic E-state index is 12.4. The van der Waals surface area contributed by atoms with Crippen molar-refractivity contribution in [2.24, 2.45) is 0 Å². The number of aliphatic hydroxyl groups is 1. The molecular weight excluding hydrogens is 304 g/mol. The number of aliphatic hydroxyl groups excluding tert-OH is 1. The lowest BCUT2D eigenvalue weighted by atomic mass is 10.3. The van der Waals surface area contributed by atoms with Crippen LogP contribution in [0.5, 0.6) is 0 Å². The van der Waals surface area contributed by atoms with Gasteiger partial charge in [0.15, 0.2) is 0 Å². The molecule has 2 N–H and O–H groups in total. The van der Waals surface area contributed by atoms with Gasteiger partial charge in [-0.3, -0.25) is 4.79 Å². The molecule has 20 heavy (non-hydrogen) atoms. The Morgan fingerprint density at radius 3 is 2.60 bits per heavy atom. The molecule has 0 aliphatic carbocycles. The molecule has 1 aliphatic rings. The summed E-state index contributed by atoms with van der Waals surface area (Å²) in [5.74, 6) is -0.650. The van der Waals surface area contributed by atoms with Crippen LogP contribution in [0, 0.1) is 0 Å². The Bertz CT molecular complexity index is 612. The van der Waals surface area contributed by atoms with Crippen molar-refractivity contribution in [1.29, 1.82) is 0 Å². The molecule has 8 heteroatoms. The first-order chi connectivity index (χ1) is 9.45. The van der Waals surface area contributed by atoms with Gasteiger partial charge in [-0.1, -0.05) is 11.6 Å². The van der Waals surface area contributed by atoms with Crippen LogP contribution in [0.2, 0.25) is 5.02 Å². The fourth-order valence-electron chi connectivity index (χ4n) is 2.03. The number of hydrogen-bond donors (Lipinski definition) is 2. The van der Waals surface area contributed by atoms with Crippen molar-refractivity contribution >= 4 is 33.2 Å². The summed E-state index contributed by atoms with van der Waals surface area (Å²) in [6, 6.07) is 4.13. The van der Waals surface area contributed by atoms with Crippen LogP contribution in [0.3, 0.4) is 0 Å². The molecule has 1 heterocycles. The first-order valence-electron chi connectivity index (χ1n) is 6.15. The molecule has 0 bridgehead atoms. The monoisotopic (exact) mass is 318 g/mol. The number of amides is 1. The molecule has 2 rings (SSSR count). The lowest BCUT2D eigenvalue weighted by molar-refractivity contribution is -0.118. The lowest BCUT2D eigenvalue weighted by Gasteiger charge is -2.16. The second kappa shape index (κ2) is 6.09. The van der Waals surface area contributed by atoms with Crippen molar-refractivity contribution in [2.45, 2.75) is 17.7 Å². The molecule has 1 fully saturated rings. The third kappa shape index (κ3) is 3.12. The van der Waals surface area contributed by atoms with Crippen molar-refractivity contribution in [3.63, 3.8) is 0 Å². The minimum atomic E-state index is -3.56. The molecule has 1 aliphatic heterocycles. The number of hydrogen-bond acceptors (Lipinski definition) is 4. The van der Waals surface area contributed by atoms with Crippen LogP contribution in [-0.2, 0) is 14.8 Å². The van der Waals surface area contributed by atoms with E-state index >= 15 is 0 Å². The molecule has 1 aromatic rings. The summed E-state index contributed by atoms with van der Waals surface area (Å²) in [4.78, 5) is 11.3. The average Bonchev–Trinajstić information content (AvgIpc) is 2.95. The van der Waals surface area contributed by atoms with Crippen molar-refractivity contribution in [3.05, 3.63) is 23.2 Å². The number of anilines is 1. The standard InChI is InChI=1S/C12H15ClN2O4S/c13-10-4-3-9(7-11(10)14-12(17)8-16)20(18,19)15-5-1-2-6-15/h3-4,7,16H,1-2,5-6,8H2,(H,14,17). The number of nitrogens with zero attached hydrogens (tertiary/aromatic N) is 1. The summed E-state index contributed by atoms with van der Waals surface area (Å²) in [6.07, 6.45) is 1.70. The van der Waals surface area contributed by atoms with E-state index in [1.807, 2.05) is 0 Å². The van der Waals surface area contributed by atoms with Crippen molar-refractivity contribution in [3.8, 4) is 0 Å². The molecule has 110 valence electrons. The van der Waals surface area contributed by atoms with Gasteiger partial charge in [-0.05, 0) is 31.0 Å². The Morgan fingerprint density at radius 1 is 1.35 bits per heavy atom. The first-order valence-corrected chi connectivity index (χ1v) is 7.97. The second-order valence-electron chi connectivity index (χ2n) is 4.46. The maximum absolute atomic E-state index is 12.4. The summed E-state index contributed by atoms with van der Waals surface area (Å²) in [7, 11) is -3.56. The summed E-state index contributed by atoms with van der Waals surface area (Å²) < 4.78 is 26.2. The van der Waals surface area contributed by atoms with Crippen LogP contribution in [0.25, 0.3) is 0 Å². The number of rotatable bonds is 4. The number of carbonyl (C=O) groups excluding carboxylic acids is 1. The molecule has 0 atom stereocenters. The van der Waals surface area contributed by atoms with Crippen LogP contribution in [0.15, 0.2) is 23.1 Å². The maximum Gasteiger partial charge on any atom is 0.250 e. The summed E-state index contributed by atoms with van der Waals surface area (Å²) >= 11 is 5.90. The zero-order valence-electron chi connectivity index (χ0n) is 10.7. The van der Waals surface area contributed by atoms with Gasteiger partial charge in [-0.25, -0.2) is 8.42 Å². The topological polar surface area (TPSA) is 86.7 Å². The predicted octanol–water partition coefficient (Wildman–Crippen LogP) is 1.06. The lowest BCUT2D eigenvalue weighted by Crippen LogP contribution is -2.28. The average molecular weight is 319 g/mol. The molecule has 1 aromatic carbocycles. The highest BCUT2D eigenvalue weighted by Crippen LogP contribution is 2.28. The van der Waals surface area contributed by atoms with Gasteiger partial charge in [0, 0.05) is 13.1 Å². The third-order valence-electron chi connectivity index (χ3n) is 3.06. The van der Waals surface area contributed by atoms with E-state index in [0.29, 0.717) is 13.1 Å². The Hall–Kier alpha value is -1.15. The minimum Gasteiger partial charge on any atom is -0.387 e. The highest BCUT2D eigenvalue weighted by molar-refractivity contribution is 7.89. The summed E-state index contributed by atoms with van der Waals surface area (Å²) in [5, 5.41) is 11.3. The Balaban J connectivity index is 2.33. The van der Waals surface area contributed by atoms with Gasteiger partial charge in [0.05, 0.1) is 15.6 Å². The summed E-state index contributed by atoms with van der Waals surface area (Å²) in [5.41, 5.74) is 0.172. The smallest absolute Gasteiger partial charge is 0.250 e. The molecule has 0 unspecified atom stereocenters. The van der Waals surface area contributed by atoms with Gasteiger partial charge in [0.1, 0.15) is 6.61 Å². The normalized spacial score (nSPS) is 16.3. The van der Waals surface area contributed by atoms with E-state index in [-0.39, 0.29) is 15.6 Å². The van der Waals surface area contributed by atoms with Gasteiger partial charge in [0.25, 0.3) is 0 Å². The van der Waals surface area contributed by atoms with E-state index in [1.165, 1.54) is 22.5 Å². The van der Waals surface area contributed by atoms with E-state index in [9.17, 15) is 13.2 Å². The van der Waals surface area contributed by atoms with Crippen LogP contribution in [0.1, 0.15) is 12.8 Å². The highest BCUT2D eigenvalue weighted by Gasteiger charge is 2.27. The van der Waals surface area contributed by atoms with E-state index in [4.69, 9.17) is 16.7 Å². The minimum absolute atomic E-state index is 0.0806. The molecule has 1 amide bonds. The Kier molecular flexibility index (Phi) is 4.64. The number of carbonyl (C=O) groups is 1. The van der Waals surface area contributed by atoms with Crippen LogP contribution >= 0.6 is 11.6 Å². The zero-order valence-corrected chi connectivity index (χ0v) is 12.2. The van der Waals surface area contributed by atoms with Gasteiger partial charge in [-0.15, -0.1) is 0 Å². The van der Waals surface area contributed by atoms with Crippen molar-refractivity contribution in [2.75, 3.05) is 25.0 Å². The number of nitrogens with one attached hydrogen (secondary N) is 1. The van der Waals surface area contributed by atoms with Gasteiger partial charge in [-0.2, -0.15) is 4.31 Å². The molecule has 0 radical (unpaired) electrons. The predicted molar refractivity (Wildman–Crippen MR) is 75.2 cm³/mol. The number of sulfonamides is 1. The van der Waals surface area contributed by atoms with Crippen molar-refractivity contribution in [1.82, 2.24) is 4.31 Å². The quantitative estimate of drug-likeness (QED) is 0.869. The Morgan fingerprint density at radius 2 is 2.00 bits per heavy atom. The van der Waals surface area contributed by atoms with Crippen molar-refractivity contribution < 1.29 is 18.3 Å². The van der Waals surface area contributed by atoms with E-state index in [0.717, 1.165) is 12.8 Å². The van der Waals surface area contributed by atoms with E-state index in [1.54, 1.807) is 0 Å². The number of halogens is 1. The molecular formula is C12H15ClN2O4S. The van der Waals surface area contributed by atoms with E-state index in [2.05, 4.69) is 5.32 Å². The highest BCUT2D eigenvalue weighted by atomic mass is 35.5. The van der Waals surface area contributed by atoms with Crippen LogP contribution < -0.4 is 5.32 Å². The molecule has 0 saturated carbocycles. The molecule has 1 saturated heterocycles. The van der Waals surface area contributed by atoms with E-state index < -0.39 is 22.5 Å². The van der Waals surface area contributed by atoms with Crippen LogP contribution in [-0.4, -0.2) is 43.4 Å². The molecule has 6 nitrogen and oxygen atoms in total. The fourth-order valence-corrected chi connectivity index (χ4v) is 3.74. The van der Waals surface area contributed by atoms with Gasteiger partial charge in [0.2, 0.25) is 15.9 Å².